The van der Waals surface area contributed by atoms with E-state index in [0.717, 1.165) is 15.0 Å². The van der Waals surface area contributed by atoms with Crippen LogP contribution in [0.1, 0.15) is 16.9 Å². The maximum Gasteiger partial charge on any atom is 0.317 e. The number of nitrogen functional groups attached to an aromatic ring is 1. The zero-order chi connectivity index (χ0) is 24.2. The van der Waals surface area contributed by atoms with E-state index in [-0.39, 0.29) is 18.2 Å². The number of rotatable bonds is 9. The average molecular weight is 486 g/mol. The Morgan fingerprint density at radius 2 is 2.03 bits per heavy atom. The molecule has 5 N–H and O–H groups in total. The number of carbonyl (C=O) groups is 3. The Balaban J connectivity index is 1.39. The first-order chi connectivity index (χ1) is 16.3. The standard InChI is InChI=1S/C23H24FN5O4S/c24-14-3-1-13(2-4-14)9-17(27-12-20(30)31)23(33)29-8-6-18(29)22(32)28-11-15-10-16-19(34-15)5-7-26-21(16)25/h1-5,7,10,17-18,27H,6,8-9,11-12H2,(H2,25,26)(H,28,32)(H,30,31). The molecule has 0 saturated carbocycles. The van der Waals surface area contributed by atoms with Crippen LogP contribution in [-0.2, 0) is 27.3 Å². The molecule has 3 heterocycles. The maximum absolute atomic E-state index is 13.2. The van der Waals surface area contributed by atoms with Crippen molar-refractivity contribution in [1.29, 1.82) is 0 Å². The van der Waals surface area contributed by atoms with Gasteiger partial charge in [0.25, 0.3) is 0 Å². The minimum atomic E-state index is -1.10. The van der Waals surface area contributed by atoms with Crippen molar-refractivity contribution in [3.05, 3.63) is 58.9 Å². The molecule has 0 radical (unpaired) electrons. The number of nitrogens with zero attached hydrogens (tertiary/aromatic N) is 2. The van der Waals surface area contributed by atoms with Crippen molar-refractivity contribution in [2.45, 2.75) is 31.5 Å². The lowest BCUT2D eigenvalue weighted by atomic mass is 9.97. The molecule has 34 heavy (non-hydrogen) atoms. The molecule has 4 rings (SSSR count). The fourth-order valence-electron chi connectivity index (χ4n) is 3.85. The topological polar surface area (TPSA) is 138 Å². The number of carbonyl (C=O) groups excluding carboxylic acids is 2. The second kappa shape index (κ2) is 10.1. The second-order valence-corrected chi connectivity index (χ2v) is 9.20. The number of nitrogens with two attached hydrogens (primary N) is 1. The fourth-order valence-corrected chi connectivity index (χ4v) is 4.86. The van der Waals surface area contributed by atoms with Crippen molar-refractivity contribution in [3.63, 3.8) is 0 Å². The summed E-state index contributed by atoms with van der Waals surface area (Å²) in [4.78, 5) is 43.4. The number of halogens is 1. The zero-order valence-corrected chi connectivity index (χ0v) is 19.0. The van der Waals surface area contributed by atoms with Gasteiger partial charge in [-0.25, -0.2) is 9.37 Å². The molecular formula is C23H24FN5O4S. The molecule has 11 heteroatoms. The zero-order valence-electron chi connectivity index (χ0n) is 18.2. The minimum absolute atomic E-state index is 0.175. The second-order valence-electron chi connectivity index (χ2n) is 8.03. The quantitative estimate of drug-likeness (QED) is 0.361. The minimum Gasteiger partial charge on any atom is -0.480 e. The van der Waals surface area contributed by atoms with Crippen LogP contribution < -0.4 is 16.4 Å². The molecule has 1 aliphatic heterocycles. The summed E-state index contributed by atoms with van der Waals surface area (Å²) in [6.07, 6.45) is 2.33. The lowest BCUT2D eigenvalue weighted by molar-refractivity contribution is -0.149. The Morgan fingerprint density at radius 1 is 1.26 bits per heavy atom. The van der Waals surface area contributed by atoms with Crippen LogP contribution in [0, 0.1) is 5.82 Å². The van der Waals surface area contributed by atoms with E-state index in [0.29, 0.717) is 30.9 Å². The fraction of sp³-hybridized carbons (Fsp3) is 0.304. The molecule has 0 aliphatic carbocycles. The number of likely N-dealkylation sites (tertiary alicyclic amines) is 1. The number of hydrogen-bond donors (Lipinski definition) is 4. The third-order valence-electron chi connectivity index (χ3n) is 5.72. The van der Waals surface area contributed by atoms with Crippen LogP contribution >= 0.6 is 11.3 Å². The summed E-state index contributed by atoms with van der Waals surface area (Å²) in [5, 5.41) is 15.5. The van der Waals surface area contributed by atoms with E-state index >= 15 is 0 Å². The first-order valence-corrected chi connectivity index (χ1v) is 11.5. The number of carboxylic acid groups (broad SMARTS) is 1. The molecule has 2 aromatic heterocycles. The van der Waals surface area contributed by atoms with E-state index in [1.54, 1.807) is 18.3 Å². The van der Waals surface area contributed by atoms with Gasteiger partial charge in [-0.15, -0.1) is 11.3 Å². The highest BCUT2D eigenvalue weighted by Gasteiger charge is 2.40. The molecule has 2 atom stereocenters. The molecular weight excluding hydrogens is 461 g/mol. The Labute approximate surface area is 198 Å². The van der Waals surface area contributed by atoms with E-state index in [4.69, 9.17) is 10.8 Å². The molecule has 1 fully saturated rings. The third-order valence-corrected chi connectivity index (χ3v) is 6.82. The first kappa shape index (κ1) is 23.6. The van der Waals surface area contributed by atoms with E-state index in [1.807, 2.05) is 12.1 Å². The van der Waals surface area contributed by atoms with Gasteiger partial charge in [0.2, 0.25) is 11.8 Å². The van der Waals surface area contributed by atoms with E-state index in [1.165, 1.54) is 28.4 Å². The van der Waals surface area contributed by atoms with Crippen LogP contribution in [0.2, 0.25) is 0 Å². The number of aromatic nitrogens is 1. The number of benzene rings is 1. The molecule has 2 amide bonds. The van der Waals surface area contributed by atoms with Crippen molar-refractivity contribution < 1.29 is 23.9 Å². The third kappa shape index (κ3) is 5.32. The maximum atomic E-state index is 13.2. The summed E-state index contributed by atoms with van der Waals surface area (Å²) >= 11 is 1.51. The van der Waals surface area contributed by atoms with Gasteiger partial charge < -0.3 is 21.1 Å². The predicted molar refractivity (Wildman–Crippen MR) is 126 cm³/mol. The lowest BCUT2D eigenvalue weighted by Gasteiger charge is -2.41. The molecule has 1 aliphatic rings. The number of carboxylic acids is 1. The highest BCUT2D eigenvalue weighted by Crippen LogP contribution is 2.28. The number of aliphatic carboxylic acids is 1. The van der Waals surface area contributed by atoms with Crippen LogP contribution in [0.4, 0.5) is 10.2 Å². The monoisotopic (exact) mass is 485 g/mol. The number of pyridine rings is 1. The Bertz CT molecular complexity index is 1220. The molecule has 0 bridgehead atoms. The SMILES string of the molecule is Nc1nccc2sc(CNC(=O)C3CCN3C(=O)C(Cc3ccc(F)cc3)NCC(=O)O)cc12. The summed E-state index contributed by atoms with van der Waals surface area (Å²) in [5.41, 5.74) is 6.57. The van der Waals surface area contributed by atoms with E-state index in [2.05, 4.69) is 15.6 Å². The van der Waals surface area contributed by atoms with Gasteiger partial charge in [0.1, 0.15) is 17.7 Å². The normalized spacial score (nSPS) is 16.1. The van der Waals surface area contributed by atoms with E-state index < -0.39 is 30.4 Å². The van der Waals surface area contributed by atoms with Crippen molar-refractivity contribution in [2.24, 2.45) is 0 Å². The van der Waals surface area contributed by atoms with Crippen LogP contribution in [-0.4, -0.2) is 57.9 Å². The summed E-state index contributed by atoms with van der Waals surface area (Å²) in [7, 11) is 0. The largest absolute Gasteiger partial charge is 0.480 e. The lowest BCUT2D eigenvalue weighted by Crippen LogP contribution is -2.62. The number of fused-ring (bicyclic) bond motifs is 1. The van der Waals surface area contributed by atoms with Crippen molar-refractivity contribution in [1.82, 2.24) is 20.5 Å². The van der Waals surface area contributed by atoms with Gasteiger partial charge in [0.15, 0.2) is 0 Å². The number of amides is 2. The van der Waals surface area contributed by atoms with Gasteiger partial charge in [-0.3, -0.25) is 19.7 Å². The highest BCUT2D eigenvalue weighted by atomic mass is 32.1. The van der Waals surface area contributed by atoms with Gasteiger partial charge in [-0.05, 0) is 42.7 Å². The predicted octanol–water partition coefficient (Wildman–Crippen LogP) is 1.52. The molecule has 2 unspecified atom stereocenters. The molecule has 1 saturated heterocycles. The van der Waals surface area contributed by atoms with Crippen molar-refractivity contribution in [2.75, 3.05) is 18.8 Å². The summed E-state index contributed by atoms with van der Waals surface area (Å²) in [6.45, 7) is 0.287. The Kier molecular flexibility index (Phi) is 7.03. The number of thiophene rings is 1. The van der Waals surface area contributed by atoms with Gasteiger partial charge in [-0.2, -0.15) is 0 Å². The number of nitrogens with one attached hydrogen (secondary N) is 2. The van der Waals surface area contributed by atoms with Crippen LogP contribution in [0.3, 0.4) is 0 Å². The Morgan fingerprint density at radius 3 is 2.68 bits per heavy atom. The van der Waals surface area contributed by atoms with Crippen molar-refractivity contribution >= 4 is 45.0 Å². The number of hydrogen-bond acceptors (Lipinski definition) is 7. The van der Waals surface area contributed by atoms with Crippen molar-refractivity contribution in [3.8, 4) is 0 Å². The molecule has 178 valence electrons. The Hall–Kier alpha value is -3.57. The molecule has 1 aromatic carbocycles. The van der Waals surface area contributed by atoms with Crippen LogP contribution in [0.5, 0.6) is 0 Å². The smallest absolute Gasteiger partial charge is 0.317 e. The summed E-state index contributed by atoms with van der Waals surface area (Å²) in [6, 6.07) is 7.93. The summed E-state index contributed by atoms with van der Waals surface area (Å²) < 4.78 is 14.2. The summed E-state index contributed by atoms with van der Waals surface area (Å²) in [5.74, 6) is -1.71. The van der Waals surface area contributed by atoms with Gasteiger partial charge in [0.05, 0.1) is 19.1 Å². The molecule has 0 spiro atoms. The van der Waals surface area contributed by atoms with Gasteiger partial charge in [-0.1, -0.05) is 12.1 Å². The molecule has 9 nitrogen and oxygen atoms in total. The first-order valence-electron chi connectivity index (χ1n) is 10.7. The highest BCUT2D eigenvalue weighted by molar-refractivity contribution is 7.19. The number of anilines is 1. The van der Waals surface area contributed by atoms with Gasteiger partial charge in [0, 0.05) is 27.7 Å². The average Bonchev–Trinajstić information content (AvgIpc) is 3.20. The van der Waals surface area contributed by atoms with Crippen LogP contribution in [0.25, 0.3) is 10.1 Å². The van der Waals surface area contributed by atoms with Gasteiger partial charge >= 0.3 is 5.97 Å². The van der Waals surface area contributed by atoms with E-state index in [9.17, 15) is 18.8 Å². The molecule has 3 aromatic rings. The van der Waals surface area contributed by atoms with Crippen LogP contribution in [0.15, 0.2) is 42.6 Å².